The number of benzene rings is 2. The first kappa shape index (κ1) is 15.4. The highest BCUT2D eigenvalue weighted by Gasteiger charge is 2.09. The Balaban J connectivity index is 2.17. The minimum absolute atomic E-state index is 0.158. The predicted molar refractivity (Wildman–Crippen MR) is 89.4 cm³/mol. The molecule has 0 unspecified atom stereocenters. The molecule has 0 aliphatic heterocycles. The number of methoxy groups -OCH3 is 1. The summed E-state index contributed by atoms with van der Waals surface area (Å²) in [6.07, 6.45) is 0. The molecule has 21 heavy (non-hydrogen) atoms. The average molecular weight is 349 g/mol. The van der Waals surface area contributed by atoms with Crippen molar-refractivity contribution in [2.45, 2.75) is 0 Å². The van der Waals surface area contributed by atoms with E-state index in [4.69, 9.17) is 4.74 Å². The SMILES string of the molecule is COc1ccc(Br)c(NC(=O)c2ccc(N(C)C)cc2)c1. The van der Waals surface area contributed by atoms with Crippen LogP contribution in [0.2, 0.25) is 0 Å². The maximum absolute atomic E-state index is 12.3. The number of anilines is 2. The van der Waals surface area contributed by atoms with E-state index in [1.165, 1.54) is 0 Å². The summed E-state index contributed by atoms with van der Waals surface area (Å²) in [4.78, 5) is 14.2. The molecule has 0 saturated heterocycles. The van der Waals surface area contributed by atoms with Crippen molar-refractivity contribution < 1.29 is 9.53 Å². The standard InChI is InChI=1S/C16H17BrN2O2/c1-19(2)12-6-4-11(5-7-12)16(20)18-15-10-13(21-3)8-9-14(15)17/h4-10H,1-3H3,(H,18,20). The topological polar surface area (TPSA) is 41.6 Å². The Labute approximate surface area is 132 Å². The molecule has 0 fully saturated rings. The highest BCUT2D eigenvalue weighted by molar-refractivity contribution is 9.10. The van der Waals surface area contributed by atoms with E-state index in [-0.39, 0.29) is 5.91 Å². The van der Waals surface area contributed by atoms with Gasteiger partial charge in [-0.2, -0.15) is 0 Å². The van der Waals surface area contributed by atoms with E-state index >= 15 is 0 Å². The van der Waals surface area contributed by atoms with Crippen LogP contribution >= 0.6 is 15.9 Å². The zero-order valence-corrected chi connectivity index (χ0v) is 13.8. The largest absolute Gasteiger partial charge is 0.497 e. The Morgan fingerprint density at radius 1 is 1.14 bits per heavy atom. The number of rotatable bonds is 4. The van der Waals surface area contributed by atoms with Crippen LogP contribution in [0.15, 0.2) is 46.9 Å². The van der Waals surface area contributed by atoms with Gasteiger partial charge in [-0.05, 0) is 52.3 Å². The normalized spacial score (nSPS) is 10.1. The van der Waals surface area contributed by atoms with E-state index in [0.717, 1.165) is 10.2 Å². The van der Waals surface area contributed by atoms with Crippen molar-refractivity contribution in [3.8, 4) is 5.75 Å². The van der Waals surface area contributed by atoms with Crippen LogP contribution in [0.4, 0.5) is 11.4 Å². The van der Waals surface area contributed by atoms with Gasteiger partial charge in [0, 0.05) is 35.9 Å². The van der Waals surface area contributed by atoms with Gasteiger partial charge in [-0.1, -0.05) is 0 Å². The van der Waals surface area contributed by atoms with Crippen LogP contribution in [0.25, 0.3) is 0 Å². The fraction of sp³-hybridized carbons (Fsp3) is 0.188. The summed E-state index contributed by atoms with van der Waals surface area (Å²) >= 11 is 3.41. The average Bonchev–Trinajstić information content (AvgIpc) is 2.49. The van der Waals surface area contributed by atoms with Crippen molar-refractivity contribution in [3.63, 3.8) is 0 Å². The summed E-state index contributed by atoms with van der Waals surface area (Å²) in [5.41, 5.74) is 2.33. The quantitative estimate of drug-likeness (QED) is 0.914. The van der Waals surface area contributed by atoms with Crippen LogP contribution in [0.1, 0.15) is 10.4 Å². The number of amides is 1. The molecule has 0 atom stereocenters. The minimum atomic E-state index is -0.158. The molecule has 4 nitrogen and oxygen atoms in total. The van der Waals surface area contributed by atoms with Crippen LogP contribution in [0, 0.1) is 0 Å². The lowest BCUT2D eigenvalue weighted by atomic mass is 10.2. The van der Waals surface area contributed by atoms with Gasteiger partial charge in [0.1, 0.15) is 5.75 Å². The third-order valence-corrected chi connectivity index (χ3v) is 3.76. The van der Waals surface area contributed by atoms with E-state index in [0.29, 0.717) is 17.0 Å². The van der Waals surface area contributed by atoms with Crippen molar-refractivity contribution in [2.75, 3.05) is 31.4 Å². The Kier molecular flexibility index (Phi) is 4.85. The molecule has 0 spiro atoms. The van der Waals surface area contributed by atoms with E-state index < -0.39 is 0 Å². The molecular formula is C16H17BrN2O2. The van der Waals surface area contributed by atoms with Gasteiger partial charge in [0.05, 0.1) is 12.8 Å². The van der Waals surface area contributed by atoms with Gasteiger partial charge in [-0.15, -0.1) is 0 Å². The lowest BCUT2D eigenvalue weighted by Crippen LogP contribution is -2.13. The summed E-state index contributed by atoms with van der Waals surface area (Å²) in [5.74, 6) is 0.533. The first-order valence-corrected chi connectivity index (χ1v) is 7.23. The number of nitrogens with zero attached hydrogens (tertiary/aromatic N) is 1. The summed E-state index contributed by atoms with van der Waals surface area (Å²) < 4.78 is 5.97. The third kappa shape index (κ3) is 3.76. The molecule has 0 radical (unpaired) electrons. The van der Waals surface area contributed by atoms with Gasteiger partial charge >= 0.3 is 0 Å². The van der Waals surface area contributed by atoms with E-state index in [1.54, 1.807) is 25.3 Å². The lowest BCUT2D eigenvalue weighted by Gasteiger charge is -2.13. The molecule has 0 aromatic heterocycles. The van der Waals surface area contributed by atoms with Gasteiger partial charge in [0.2, 0.25) is 0 Å². The van der Waals surface area contributed by atoms with Gasteiger partial charge in [0.15, 0.2) is 0 Å². The minimum Gasteiger partial charge on any atom is -0.497 e. The second-order valence-electron chi connectivity index (χ2n) is 4.74. The Morgan fingerprint density at radius 3 is 2.38 bits per heavy atom. The van der Waals surface area contributed by atoms with Gasteiger partial charge in [0.25, 0.3) is 5.91 Å². The van der Waals surface area contributed by atoms with Gasteiger partial charge < -0.3 is 15.0 Å². The van der Waals surface area contributed by atoms with Crippen LogP contribution in [-0.2, 0) is 0 Å². The zero-order chi connectivity index (χ0) is 15.4. The molecule has 110 valence electrons. The maximum Gasteiger partial charge on any atom is 0.255 e. The number of halogens is 1. The first-order valence-electron chi connectivity index (χ1n) is 6.43. The smallest absolute Gasteiger partial charge is 0.255 e. The molecule has 2 aromatic carbocycles. The predicted octanol–water partition coefficient (Wildman–Crippen LogP) is 3.78. The fourth-order valence-electron chi connectivity index (χ4n) is 1.83. The molecule has 5 heteroatoms. The number of ether oxygens (including phenoxy) is 1. The Hall–Kier alpha value is -2.01. The molecule has 0 bridgehead atoms. The maximum atomic E-state index is 12.3. The Morgan fingerprint density at radius 2 is 1.81 bits per heavy atom. The van der Waals surface area contributed by atoms with Crippen LogP contribution in [0.5, 0.6) is 5.75 Å². The molecule has 1 N–H and O–H groups in total. The van der Waals surface area contributed by atoms with Gasteiger partial charge in [-0.25, -0.2) is 0 Å². The van der Waals surface area contributed by atoms with Crippen molar-refractivity contribution in [1.82, 2.24) is 0 Å². The molecular weight excluding hydrogens is 332 g/mol. The molecule has 0 aliphatic rings. The van der Waals surface area contributed by atoms with Gasteiger partial charge in [-0.3, -0.25) is 4.79 Å². The van der Waals surface area contributed by atoms with E-state index in [1.807, 2.05) is 43.3 Å². The molecule has 0 saturated carbocycles. The molecule has 1 amide bonds. The fourth-order valence-corrected chi connectivity index (χ4v) is 2.18. The molecule has 0 heterocycles. The number of nitrogens with one attached hydrogen (secondary N) is 1. The summed E-state index contributed by atoms with van der Waals surface area (Å²) in [6.45, 7) is 0. The molecule has 2 aromatic rings. The van der Waals surface area contributed by atoms with Crippen molar-refractivity contribution in [1.29, 1.82) is 0 Å². The van der Waals surface area contributed by atoms with Crippen molar-refractivity contribution in [3.05, 3.63) is 52.5 Å². The second kappa shape index (κ2) is 6.63. The summed E-state index contributed by atoms with van der Waals surface area (Å²) in [7, 11) is 5.51. The highest BCUT2D eigenvalue weighted by atomic mass is 79.9. The number of carbonyl (C=O) groups is 1. The summed E-state index contributed by atoms with van der Waals surface area (Å²) in [6, 6.07) is 12.9. The van der Waals surface area contributed by atoms with Crippen molar-refractivity contribution in [2.24, 2.45) is 0 Å². The summed E-state index contributed by atoms with van der Waals surface area (Å²) in [5, 5.41) is 2.87. The number of carbonyl (C=O) groups excluding carboxylic acids is 1. The Bertz CT molecular complexity index is 639. The van der Waals surface area contributed by atoms with Crippen LogP contribution in [-0.4, -0.2) is 27.1 Å². The van der Waals surface area contributed by atoms with Crippen molar-refractivity contribution >= 4 is 33.2 Å². The molecule has 0 aliphatic carbocycles. The first-order chi connectivity index (χ1) is 10.0. The monoisotopic (exact) mass is 348 g/mol. The molecule has 2 rings (SSSR count). The number of hydrogen-bond donors (Lipinski definition) is 1. The van der Waals surface area contributed by atoms with E-state index in [9.17, 15) is 4.79 Å². The third-order valence-electron chi connectivity index (χ3n) is 3.07. The van der Waals surface area contributed by atoms with Crippen LogP contribution in [0.3, 0.4) is 0 Å². The highest BCUT2D eigenvalue weighted by Crippen LogP contribution is 2.27. The van der Waals surface area contributed by atoms with E-state index in [2.05, 4.69) is 21.2 Å². The lowest BCUT2D eigenvalue weighted by molar-refractivity contribution is 0.102. The number of hydrogen-bond acceptors (Lipinski definition) is 3. The van der Waals surface area contributed by atoms with Crippen LogP contribution < -0.4 is 15.0 Å². The second-order valence-corrected chi connectivity index (χ2v) is 5.60. The zero-order valence-electron chi connectivity index (χ0n) is 12.2.